The summed E-state index contributed by atoms with van der Waals surface area (Å²) >= 11 is 0. The molecule has 2 heterocycles. The van der Waals surface area contributed by atoms with Crippen LogP contribution in [-0.4, -0.2) is 35.0 Å². The first-order chi connectivity index (χ1) is 19.4. The highest BCUT2D eigenvalue weighted by Crippen LogP contribution is 2.30. The first-order valence-corrected chi connectivity index (χ1v) is 12.5. The Morgan fingerprint density at radius 3 is 2.45 bits per heavy atom. The lowest BCUT2D eigenvalue weighted by Gasteiger charge is -2.31. The second kappa shape index (κ2) is 13.0. The van der Waals surface area contributed by atoms with Crippen LogP contribution in [-0.2, 0) is 20.9 Å². The minimum Gasteiger partial charge on any atom is -0.497 e. The zero-order valence-electron chi connectivity index (χ0n) is 22.3. The van der Waals surface area contributed by atoms with Gasteiger partial charge in [-0.3, -0.25) is 24.3 Å². The molecule has 10 nitrogen and oxygen atoms in total. The van der Waals surface area contributed by atoms with Gasteiger partial charge in [0.25, 0.3) is 5.91 Å². The highest BCUT2D eigenvalue weighted by molar-refractivity contribution is 6.10. The summed E-state index contributed by atoms with van der Waals surface area (Å²) < 4.78 is 10.2. The summed E-state index contributed by atoms with van der Waals surface area (Å²) in [7, 11) is 1.58. The molecule has 4 rings (SSSR count). The average Bonchev–Trinajstić information content (AvgIpc) is 3.38. The third-order valence-corrected chi connectivity index (χ3v) is 6.00. The SMILES string of the molecule is COc1ccc(CNC(=O)[C@H](c2cccnc2)N(C(=O)/C=C/C(=O)Nc2cc(C)on2)c2ccccc2C)cc1. The van der Waals surface area contributed by atoms with Crippen LogP contribution in [0, 0.1) is 13.8 Å². The number of aromatic nitrogens is 2. The van der Waals surface area contributed by atoms with Crippen LogP contribution in [0.3, 0.4) is 0 Å². The lowest BCUT2D eigenvalue weighted by molar-refractivity contribution is -0.125. The molecule has 10 heteroatoms. The number of carbonyl (C=O) groups excluding carboxylic acids is 3. The lowest BCUT2D eigenvalue weighted by Crippen LogP contribution is -2.43. The van der Waals surface area contributed by atoms with E-state index in [4.69, 9.17) is 9.26 Å². The molecular weight excluding hydrogens is 510 g/mol. The summed E-state index contributed by atoms with van der Waals surface area (Å²) in [6, 6.07) is 18.4. The largest absolute Gasteiger partial charge is 0.497 e. The fraction of sp³-hybridized carbons (Fsp3) is 0.167. The molecule has 4 aromatic rings. The molecule has 0 saturated heterocycles. The molecule has 0 fully saturated rings. The fourth-order valence-corrected chi connectivity index (χ4v) is 4.02. The van der Waals surface area contributed by atoms with E-state index in [-0.39, 0.29) is 12.4 Å². The first-order valence-electron chi connectivity index (χ1n) is 12.5. The number of nitrogens with one attached hydrogen (secondary N) is 2. The van der Waals surface area contributed by atoms with Crippen molar-refractivity contribution in [2.45, 2.75) is 26.4 Å². The number of benzene rings is 2. The van der Waals surface area contributed by atoms with Crippen molar-refractivity contribution in [1.29, 1.82) is 0 Å². The molecule has 0 radical (unpaired) electrons. The highest BCUT2D eigenvalue weighted by Gasteiger charge is 2.33. The molecule has 0 aliphatic carbocycles. The maximum Gasteiger partial charge on any atom is 0.252 e. The molecule has 40 heavy (non-hydrogen) atoms. The maximum atomic E-state index is 13.8. The van der Waals surface area contributed by atoms with Crippen molar-refractivity contribution >= 4 is 29.2 Å². The number of carbonyl (C=O) groups is 3. The molecule has 204 valence electrons. The van der Waals surface area contributed by atoms with Crippen molar-refractivity contribution in [2.75, 3.05) is 17.3 Å². The zero-order valence-corrected chi connectivity index (χ0v) is 22.3. The smallest absolute Gasteiger partial charge is 0.252 e. The van der Waals surface area contributed by atoms with Crippen LogP contribution in [0.15, 0.2) is 95.8 Å². The third kappa shape index (κ3) is 6.98. The molecule has 2 aromatic heterocycles. The molecule has 3 amide bonds. The van der Waals surface area contributed by atoms with Gasteiger partial charge in [0, 0.05) is 48.4 Å². The predicted molar refractivity (Wildman–Crippen MR) is 149 cm³/mol. The Kier molecular flexibility index (Phi) is 9.03. The lowest BCUT2D eigenvalue weighted by atomic mass is 10.0. The Hall–Kier alpha value is -5.25. The zero-order chi connectivity index (χ0) is 28.5. The van der Waals surface area contributed by atoms with Crippen LogP contribution in [0.2, 0.25) is 0 Å². The Morgan fingerprint density at radius 1 is 1.02 bits per heavy atom. The summed E-state index contributed by atoms with van der Waals surface area (Å²) in [6.45, 7) is 3.76. The number of methoxy groups -OCH3 is 1. The summed E-state index contributed by atoms with van der Waals surface area (Å²) in [5.41, 5.74) is 2.64. The monoisotopic (exact) mass is 539 g/mol. The molecule has 2 N–H and O–H groups in total. The minimum atomic E-state index is -1.08. The number of hydrogen-bond acceptors (Lipinski definition) is 7. The van der Waals surface area contributed by atoms with Crippen LogP contribution < -0.4 is 20.3 Å². The van der Waals surface area contributed by atoms with E-state index in [2.05, 4.69) is 20.8 Å². The Bertz CT molecular complexity index is 1500. The Balaban J connectivity index is 1.65. The molecule has 2 aromatic carbocycles. The third-order valence-electron chi connectivity index (χ3n) is 6.00. The van der Waals surface area contributed by atoms with Gasteiger partial charge in [0.05, 0.1) is 7.11 Å². The van der Waals surface area contributed by atoms with Crippen molar-refractivity contribution in [1.82, 2.24) is 15.5 Å². The van der Waals surface area contributed by atoms with Crippen molar-refractivity contribution in [3.63, 3.8) is 0 Å². The molecule has 1 atom stereocenters. The fourth-order valence-electron chi connectivity index (χ4n) is 4.02. The summed E-state index contributed by atoms with van der Waals surface area (Å²) in [5.74, 6) is -0.115. The number of aryl methyl sites for hydroxylation is 2. The maximum absolute atomic E-state index is 13.8. The number of hydrogen-bond donors (Lipinski definition) is 2. The number of ether oxygens (including phenoxy) is 1. The van der Waals surface area contributed by atoms with E-state index in [0.717, 1.165) is 23.3 Å². The van der Waals surface area contributed by atoms with Gasteiger partial charge in [-0.25, -0.2) is 0 Å². The first kappa shape index (κ1) is 27.8. The Labute approximate surface area is 231 Å². The van der Waals surface area contributed by atoms with Gasteiger partial charge in [0.2, 0.25) is 11.8 Å². The van der Waals surface area contributed by atoms with Crippen LogP contribution in [0.5, 0.6) is 5.75 Å². The van der Waals surface area contributed by atoms with E-state index in [1.165, 1.54) is 4.90 Å². The van der Waals surface area contributed by atoms with Gasteiger partial charge in [0.1, 0.15) is 17.6 Å². The summed E-state index contributed by atoms with van der Waals surface area (Å²) in [5, 5.41) is 9.20. The number of anilines is 2. The van der Waals surface area contributed by atoms with E-state index in [0.29, 0.717) is 22.8 Å². The standard InChI is InChI=1S/C30H29N5O5/c1-20-7-4-5-9-25(20)35(28(37)15-14-27(36)33-26-17-21(2)40-34-26)29(23-8-6-16-31-19-23)30(38)32-18-22-10-12-24(39-3)13-11-22/h4-17,19,29H,18H2,1-3H3,(H,32,38)(H,33,34,36)/b15-14+/t29-/m0/s1. The van der Waals surface area contributed by atoms with Crippen LogP contribution in [0.4, 0.5) is 11.5 Å². The van der Waals surface area contributed by atoms with E-state index in [1.807, 2.05) is 31.2 Å². The average molecular weight is 540 g/mol. The van der Waals surface area contributed by atoms with Crippen LogP contribution >= 0.6 is 0 Å². The van der Waals surface area contributed by atoms with Crippen molar-refractivity contribution in [2.24, 2.45) is 0 Å². The second-order valence-corrected chi connectivity index (χ2v) is 8.89. The number of para-hydroxylation sites is 1. The van der Waals surface area contributed by atoms with Gasteiger partial charge in [-0.15, -0.1) is 0 Å². The van der Waals surface area contributed by atoms with Crippen molar-refractivity contribution < 1.29 is 23.6 Å². The van der Waals surface area contributed by atoms with Gasteiger partial charge >= 0.3 is 0 Å². The topological polar surface area (TPSA) is 127 Å². The molecule has 0 aliphatic heterocycles. The molecule has 0 bridgehead atoms. The van der Waals surface area contributed by atoms with Gasteiger partial charge in [-0.05, 0) is 49.2 Å². The van der Waals surface area contributed by atoms with Gasteiger partial charge < -0.3 is 19.9 Å². The van der Waals surface area contributed by atoms with Gasteiger partial charge in [-0.1, -0.05) is 41.6 Å². The van der Waals surface area contributed by atoms with Crippen molar-refractivity contribution in [3.05, 3.63) is 114 Å². The number of pyridine rings is 1. The van der Waals surface area contributed by atoms with Crippen LogP contribution in [0.1, 0.15) is 28.5 Å². The predicted octanol–water partition coefficient (Wildman–Crippen LogP) is 4.28. The highest BCUT2D eigenvalue weighted by atomic mass is 16.5. The number of nitrogens with zero attached hydrogens (tertiary/aromatic N) is 3. The molecular formula is C30H29N5O5. The molecule has 0 aliphatic rings. The van der Waals surface area contributed by atoms with E-state index in [1.54, 1.807) is 68.9 Å². The quantitative estimate of drug-likeness (QED) is 0.288. The summed E-state index contributed by atoms with van der Waals surface area (Å²) in [6.07, 6.45) is 5.34. The summed E-state index contributed by atoms with van der Waals surface area (Å²) in [4.78, 5) is 45.5. The molecule has 0 spiro atoms. The number of amides is 3. The second-order valence-electron chi connectivity index (χ2n) is 8.89. The van der Waals surface area contributed by atoms with Crippen molar-refractivity contribution in [3.8, 4) is 5.75 Å². The van der Waals surface area contributed by atoms with Gasteiger partial charge in [-0.2, -0.15) is 0 Å². The molecule has 0 saturated carbocycles. The molecule has 0 unspecified atom stereocenters. The Morgan fingerprint density at radius 2 is 1.80 bits per heavy atom. The van der Waals surface area contributed by atoms with E-state index in [9.17, 15) is 14.4 Å². The van der Waals surface area contributed by atoms with E-state index < -0.39 is 23.8 Å². The normalized spacial score (nSPS) is 11.6. The van der Waals surface area contributed by atoms with Crippen LogP contribution in [0.25, 0.3) is 0 Å². The number of rotatable bonds is 10. The van der Waals surface area contributed by atoms with E-state index >= 15 is 0 Å². The van der Waals surface area contributed by atoms with Gasteiger partial charge in [0.15, 0.2) is 5.82 Å². The minimum absolute atomic E-state index is 0.224.